The van der Waals surface area contributed by atoms with Crippen molar-refractivity contribution in [2.75, 3.05) is 7.11 Å². The maximum Gasteiger partial charge on any atom is 0.118 e. The first-order valence-electron chi connectivity index (χ1n) is 10.2. The maximum atomic E-state index is 9.96. The Balaban J connectivity index is 1.58. The molecular formula is C23H33NO. The zero-order valence-corrected chi connectivity index (χ0v) is 16.0. The van der Waals surface area contributed by atoms with E-state index < -0.39 is 0 Å². The number of ether oxygens (including phenoxy) is 1. The zero-order valence-electron chi connectivity index (χ0n) is 16.0. The molecule has 1 aromatic carbocycles. The Hall–Kier alpha value is -1.49. The van der Waals surface area contributed by atoms with Gasteiger partial charge >= 0.3 is 0 Å². The summed E-state index contributed by atoms with van der Waals surface area (Å²) in [6.07, 6.45) is 12.5. The molecule has 2 saturated carbocycles. The molecule has 2 unspecified atom stereocenters. The van der Waals surface area contributed by atoms with E-state index in [9.17, 15) is 5.26 Å². The number of benzene rings is 1. The van der Waals surface area contributed by atoms with Crippen molar-refractivity contribution in [1.82, 2.24) is 0 Å². The van der Waals surface area contributed by atoms with E-state index in [1.54, 1.807) is 7.11 Å². The van der Waals surface area contributed by atoms with Crippen molar-refractivity contribution >= 4 is 0 Å². The topological polar surface area (TPSA) is 33.0 Å². The molecule has 4 atom stereocenters. The van der Waals surface area contributed by atoms with Gasteiger partial charge in [-0.05, 0) is 80.4 Å². The van der Waals surface area contributed by atoms with E-state index in [-0.39, 0.29) is 5.41 Å². The summed E-state index contributed by atoms with van der Waals surface area (Å²) in [5.74, 6) is 3.56. The lowest BCUT2D eigenvalue weighted by Crippen LogP contribution is -2.37. The van der Waals surface area contributed by atoms with Crippen LogP contribution in [0.15, 0.2) is 24.3 Å². The molecular weight excluding hydrogens is 306 g/mol. The highest BCUT2D eigenvalue weighted by Crippen LogP contribution is 2.51. The molecule has 0 N–H and O–H groups in total. The minimum atomic E-state index is -0.0846. The van der Waals surface area contributed by atoms with E-state index in [0.717, 1.165) is 49.2 Å². The van der Waals surface area contributed by atoms with E-state index in [2.05, 4.69) is 25.1 Å². The lowest BCUT2D eigenvalue weighted by atomic mass is 9.58. The van der Waals surface area contributed by atoms with Crippen molar-refractivity contribution in [3.63, 3.8) is 0 Å². The molecule has 2 aliphatic carbocycles. The van der Waals surface area contributed by atoms with Gasteiger partial charge in [0.15, 0.2) is 0 Å². The summed E-state index contributed by atoms with van der Waals surface area (Å²) in [5, 5.41) is 9.96. The number of hydrogen-bond donors (Lipinski definition) is 0. The fourth-order valence-electron chi connectivity index (χ4n) is 5.34. The van der Waals surface area contributed by atoms with Crippen LogP contribution in [0.1, 0.15) is 70.3 Å². The van der Waals surface area contributed by atoms with Crippen LogP contribution in [0.3, 0.4) is 0 Å². The molecule has 0 aromatic heterocycles. The number of fused-ring (bicyclic) bond motifs is 1. The predicted octanol–water partition coefficient (Wildman–Crippen LogP) is 6.15. The molecule has 2 heteroatoms. The minimum Gasteiger partial charge on any atom is -0.497 e. The van der Waals surface area contributed by atoms with Gasteiger partial charge in [0, 0.05) is 0 Å². The molecule has 2 nitrogen and oxygen atoms in total. The lowest BCUT2D eigenvalue weighted by molar-refractivity contribution is 0.0634. The van der Waals surface area contributed by atoms with E-state index >= 15 is 0 Å². The number of rotatable bonds is 6. The summed E-state index contributed by atoms with van der Waals surface area (Å²) in [5.41, 5.74) is 1.24. The van der Waals surface area contributed by atoms with Crippen molar-refractivity contribution in [2.45, 2.75) is 71.1 Å². The van der Waals surface area contributed by atoms with Gasteiger partial charge in [0.1, 0.15) is 5.75 Å². The fourth-order valence-corrected chi connectivity index (χ4v) is 5.34. The molecule has 0 spiro atoms. The standard InChI is InChI=1S/C23H33NO/c1-3-4-19-5-8-21-16-23(17-24,14-12-20(21)15-19)13-11-18-6-9-22(25-2)10-7-18/h6-7,9-10,19-21H,3-5,8,11-16H2,1-2H3/t19-,20?,21-,23?/m1/s1. The number of hydrogen-bond acceptors (Lipinski definition) is 2. The Bertz CT molecular complexity index is 587. The number of aryl methyl sites for hydroxylation is 1. The third-order valence-electron chi connectivity index (χ3n) is 6.88. The van der Waals surface area contributed by atoms with E-state index in [1.165, 1.54) is 44.1 Å². The summed E-state index contributed by atoms with van der Waals surface area (Å²) >= 11 is 0. The van der Waals surface area contributed by atoms with Crippen LogP contribution in [0.5, 0.6) is 5.75 Å². The highest BCUT2D eigenvalue weighted by atomic mass is 16.5. The normalized spacial score (nSPS) is 31.8. The minimum absolute atomic E-state index is 0.0846. The van der Waals surface area contributed by atoms with Crippen LogP contribution in [0, 0.1) is 34.5 Å². The first-order valence-corrected chi connectivity index (χ1v) is 10.2. The van der Waals surface area contributed by atoms with Gasteiger partial charge in [-0.2, -0.15) is 5.26 Å². The van der Waals surface area contributed by atoms with Crippen LogP contribution in [0.25, 0.3) is 0 Å². The largest absolute Gasteiger partial charge is 0.497 e. The summed E-state index contributed by atoms with van der Waals surface area (Å²) in [6.45, 7) is 2.31. The van der Waals surface area contributed by atoms with Crippen LogP contribution in [0.2, 0.25) is 0 Å². The third-order valence-corrected chi connectivity index (χ3v) is 6.88. The summed E-state index contributed by atoms with van der Waals surface area (Å²) < 4.78 is 5.24. The van der Waals surface area contributed by atoms with E-state index in [0.29, 0.717) is 0 Å². The third kappa shape index (κ3) is 4.38. The van der Waals surface area contributed by atoms with Crippen molar-refractivity contribution in [3.05, 3.63) is 29.8 Å². The van der Waals surface area contributed by atoms with Crippen LogP contribution < -0.4 is 4.74 Å². The van der Waals surface area contributed by atoms with Gasteiger partial charge in [0.05, 0.1) is 18.6 Å². The van der Waals surface area contributed by atoms with Gasteiger partial charge in [-0.1, -0.05) is 38.3 Å². The first kappa shape index (κ1) is 18.3. The Kier molecular flexibility index (Phi) is 6.05. The van der Waals surface area contributed by atoms with Gasteiger partial charge in [-0.3, -0.25) is 0 Å². The van der Waals surface area contributed by atoms with E-state index in [4.69, 9.17) is 4.74 Å². The number of nitrogens with zero attached hydrogens (tertiary/aromatic N) is 1. The number of methoxy groups -OCH3 is 1. The summed E-state index contributed by atoms with van der Waals surface area (Å²) in [6, 6.07) is 11.1. The molecule has 0 amide bonds. The Morgan fingerprint density at radius 3 is 2.64 bits per heavy atom. The molecule has 0 aliphatic heterocycles. The van der Waals surface area contributed by atoms with Crippen molar-refractivity contribution in [2.24, 2.45) is 23.2 Å². The van der Waals surface area contributed by atoms with Gasteiger partial charge in [-0.25, -0.2) is 0 Å². The van der Waals surface area contributed by atoms with E-state index in [1.807, 2.05) is 12.1 Å². The fraction of sp³-hybridized carbons (Fsp3) is 0.696. The van der Waals surface area contributed by atoms with Crippen LogP contribution >= 0.6 is 0 Å². The van der Waals surface area contributed by atoms with Gasteiger partial charge < -0.3 is 4.74 Å². The smallest absolute Gasteiger partial charge is 0.118 e. The molecule has 0 saturated heterocycles. The second-order valence-corrected chi connectivity index (χ2v) is 8.47. The molecule has 136 valence electrons. The molecule has 2 fully saturated rings. The molecule has 0 bridgehead atoms. The highest BCUT2D eigenvalue weighted by molar-refractivity contribution is 5.27. The predicted molar refractivity (Wildman–Crippen MR) is 102 cm³/mol. The Labute approximate surface area is 153 Å². The Morgan fingerprint density at radius 1 is 1.16 bits per heavy atom. The van der Waals surface area contributed by atoms with Crippen LogP contribution in [0.4, 0.5) is 0 Å². The maximum absolute atomic E-state index is 9.96. The van der Waals surface area contributed by atoms with Crippen molar-refractivity contribution < 1.29 is 4.74 Å². The number of nitriles is 1. The molecule has 3 rings (SSSR count). The van der Waals surface area contributed by atoms with Crippen LogP contribution in [-0.2, 0) is 6.42 Å². The molecule has 0 radical (unpaired) electrons. The molecule has 2 aliphatic rings. The van der Waals surface area contributed by atoms with Crippen molar-refractivity contribution in [1.29, 1.82) is 5.26 Å². The lowest BCUT2D eigenvalue weighted by Gasteiger charge is -2.45. The molecule has 25 heavy (non-hydrogen) atoms. The van der Waals surface area contributed by atoms with Gasteiger partial charge in [0.2, 0.25) is 0 Å². The van der Waals surface area contributed by atoms with Crippen molar-refractivity contribution in [3.8, 4) is 11.8 Å². The highest BCUT2D eigenvalue weighted by Gasteiger charge is 2.42. The summed E-state index contributed by atoms with van der Waals surface area (Å²) in [7, 11) is 1.70. The second kappa shape index (κ2) is 8.26. The average Bonchev–Trinajstić information content (AvgIpc) is 2.67. The van der Waals surface area contributed by atoms with Gasteiger partial charge in [0.25, 0.3) is 0 Å². The SMILES string of the molecule is CCC[C@@H]1CC[C@@H]2CC(C#N)(CCc3ccc(OC)cc3)CCC2C1. The van der Waals surface area contributed by atoms with Crippen LogP contribution in [-0.4, -0.2) is 7.11 Å². The molecule has 1 aromatic rings. The first-order chi connectivity index (χ1) is 12.2. The zero-order chi connectivity index (χ0) is 17.7. The average molecular weight is 340 g/mol. The quantitative estimate of drug-likeness (QED) is 0.622. The second-order valence-electron chi connectivity index (χ2n) is 8.47. The monoisotopic (exact) mass is 339 g/mol. The molecule has 0 heterocycles. The van der Waals surface area contributed by atoms with Gasteiger partial charge in [-0.15, -0.1) is 0 Å². The Morgan fingerprint density at radius 2 is 1.96 bits per heavy atom. The summed E-state index contributed by atoms with van der Waals surface area (Å²) in [4.78, 5) is 0.